The molecule has 0 radical (unpaired) electrons. The van der Waals surface area contributed by atoms with Gasteiger partial charge >= 0.3 is 0 Å². The van der Waals surface area contributed by atoms with Gasteiger partial charge in [-0.15, -0.1) is 0 Å². The normalized spacial score (nSPS) is 19.2. The zero-order chi connectivity index (χ0) is 13.1. The molecule has 2 rings (SSSR count). The van der Waals surface area contributed by atoms with Crippen LogP contribution >= 0.6 is 0 Å². The number of rotatable bonds is 4. The Morgan fingerprint density at radius 3 is 2.61 bits per heavy atom. The fourth-order valence-corrected chi connectivity index (χ4v) is 2.35. The number of hydrogen-bond donors (Lipinski definition) is 1. The molecule has 0 spiro atoms. The lowest BCUT2D eigenvalue weighted by Crippen LogP contribution is -2.41. The number of nitrogens with two attached hydrogens (primary N) is 1. The second-order valence-electron chi connectivity index (χ2n) is 5.05. The van der Waals surface area contributed by atoms with Crippen molar-refractivity contribution in [2.24, 2.45) is 16.6 Å². The monoisotopic (exact) mass is 247 g/mol. The number of anilines is 1. The maximum Gasteiger partial charge on any atom is 0.196 e. The van der Waals surface area contributed by atoms with Crippen molar-refractivity contribution in [3.05, 3.63) is 24.3 Å². The standard InChI is InChI=1S/C14H21N3O/c1-10(2)8-12-9-16-14(15)17(12)11-4-6-13(18-3)7-5-11/h4-7,10,12H,8-9H2,1-3H3,(H2,15,16). The van der Waals surface area contributed by atoms with E-state index in [-0.39, 0.29) is 0 Å². The van der Waals surface area contributed by atoms with E-state index in [1.807, 2.05) is 24.3 Å². The van der Waals surface area contributed by atoms with Gasteiger partial charge in [-0.25, -0.2) is 0 Å². The predicted octanol–water partition coefficient (Wildman–Crippen LogP) is 2.24. The summed E-state index contributed by atoms with van der Waals surface area (Å²) in [5, 5.41) is 0. The van der Waals surface area contributed by atoms with Crippen molar-refractivity contribution in [1.82, 2.24) is 0 Å². The molecule has 0 bridgehead atoms. The Morgan fingerprint density at radius 1 is 1.39 bits per heavy atom. The number of methoxy groups -OCH3 is 1. The highest BCUT2D eigenvalue weighted by molar-refractivity contribution is 5.97. The smallest absolute Gasteiger partial charge is 0.196 e. The molecule has 1 aliphatic heterocycles. The molecule has 2 N–H and O–H groups in total. The molecule has 0 aliphatic carbocycles. The summed E-state index contributed by atoms with van der Waals surface area (Å²) in [5.41, 5.74) is 7.08. The fourth-order valence-electron chi connectivity index (χ4n) is 2.35. The maximum atomic E-state index is 5.99. The number of benzene rings is 1. The Balaban J connectivity index is 2.19. The molecular weight excluding hydrogens is 226 g/mol. The third-order valence-corrected chi connectivity index (χ3v) is 3.17. The second kappa shape index (κ2) is 5.29. The van der Waals surface area contributed by atoms with E-state index >= 15 is 0 Å². The van der Waals surface area contributed by atoms with Crippen LogP contribution in [0.3, 0.4) is 0 Å². The van der Waals surface area contributed by atoms with Crippen LogP contribution in [0.5, 0.6) is 5.75 Å². The summed E-state index contributed by atoms with van der Waals surface area (Å²) in [6.07, 6.45) is 1.09. The molecule has 0 aromatic heterocycles. The molecule has 1 atom stereocenters. The van der Waals surface area contributed by atoms with Crippen molar-refractivity contribution in [2.45, 2.75) is 26.3 Å². The first-order chi connectivity index (χ1) is 8.61. The lowest BCUT2D eigenvalue weighted by molar-refractivity contribution is 0.415. The van der Waals surface area contributed by atoms with Crippen molar-refractivity contribution in [1.29, 1.82) is 0 Å². The number of ether oxygens (including phenoxy) is 1. The minimum absolute atomic E-state index is 0.374. The number of aliphatic imine (C=N–C) groups is 1. The summed E-state index contributed by atoms with van der Waals surface area (Å²) in [5.74, 6) is 2.11. The summed E-state index contributed by atoms with van der Waals surface area (Å²) >= 11 is 0. The highest BCUT2D eigenvalue weighted by Gasteiger charge is 2.27. The topological polar surface area (TPSA) is 50.9 Å². The van der Waals surface area contributed by atoms with Crippen molar-refractivity contribution >= 4 is 11.6 Å². The van der Waals surface area contributed by atoms with E-state index < -0.39 is 0 Å². The largest absolute Gasteiger partial charge is 0.497 e. The second-order valence-corrected chi connectivity index (χ2v) is 5.05. The molecule has 0 saturated carbocycles. The average molecular weight is 247 g/mol. The van der Waals surface area contributed by atoms with E-state index in [4.69, 9.17) is 10.5 Å². The first-order valence-electron chi connectivity index (χ1n) is 6.35. The van der Waals surface area contributed by atoms with Crippen LogP contribution in [0.4, 0.5) is 5.69 Å². The van der Waals surface area contributed by atoms with E-state index in [2.05, 4.69) is 23.7 Å². The van der Waals surface area contributed by atoms with Gasteiger partial charge in [0.1, 0.15) is 5.75 Å². The molecule has 1 aliphatic rings. The van der Waals surface area contributed by atoms with Crippen LogP contribution in [-0.4, -0.2) is 25.7 Å². The average Bonchev–Trinajstić information content (AvgIpc) is 2.70. The molecule has 18 heavy (non-hydrogen) atoms. The van der Waals surface area contributed by atoms with Gasteiger partial charge < -0.3 is 15.4 Å². The molecule has 1 aromatic rings. The molecule has 4 heteroatoms. The van der Waals surface area contributed by atoms with E-state index in [9.17, 15) is 0 Å². The van der Waals surface area contributed by atoms with Crippen molar-refractivity contribution in [2.75, 3.05) is 18.6 Å². The van der Waals surface area contributed by atoms with Gasteiger partial charge in [-0.3, -0.25) is 4.99 Å². The van der Waals surface area contributed by atoms with E-state index in [0.717, 1.165) is 24.4 Å². The quantitative estimate of drug-likeness (QED) is 0.887. The van der Waals surface area contributed by atoms with Crippen LogP contribution in [-0.2, 0) is 0 Å². The Kier molecular flexibility index (Phi) is 3.75. The first-order valence-corrected chi connectivity index (χ1v) is 6.35. The summed E-state index contributed by atoms with van der Waals surface area (Å²) in [4.78, 5) is 6.48. The molecule has 1 heterocycles. The van der Waals surface area contributed by atoms with Crippen molar-refractivity contribution < 1.29 is 4.74 Å². The van der Waals surface area contributed by atoms with Gasteiger partial charge in [-0.1, -0.05) is 13.8 Å². The van der Waals surface area contributed by atoms with Gasteiger partial charge in [0.25, 0.3) is 0 Å². The van der Waals surface area contributed by atoms with Crippen LogP contribution in [0.1, 0.15) is 20.3 Å². The SMILES string of the molecule is COc1ccc(N2C(N)=NCC2CC(C)C)cc1. The number of nitrogens with zero attached hydrogens (tertiary/aromatic N) is 2. The minimum Gasteiger partial charge on any atom is -0.497 e. The molecular formula is C14H21N3O. The summed E-state index contributed by atoms with van der Waals surface area (Å²) < 4.78 is 5.17. The Hall–Kier alpha value is -1.71. The summed E-state index contributed by atoms with van der Waals surface area (Å²) in [6, 6.07) is 8.33. The molecule has 98 valence electrons. The van der Waals surface area contributed by atoms with Gasteiger partial charge in [-0.05, 0) is 36.6 Å². The molecule has 0 fully saturated rings. The molecule has 1 aromatic carbocycles. The Bertz CT molecular complexity index is 425. The lowest BCUT2D eigenvalue weighted by Gasteiger charge is -2.27. The van der Waals surface area contributed by atoms with Crippen LogP contribution in [0.25, 0.3) is 0 Å². The molecule has 0 saturated heterocycles. The van der Waals surface area contributed by atoms with Crippen LogP contribution in [0.15, 0.2) is 29.3 Å². The van der Waals surface area contributed by atoms with E-state index in [1.165, 1.54) is 0 Å². The molecule has 0 amide bonds. The highest BCUT2D eigenvalue weighted by Crippen LogP contribution is 2.26. The van der Waals surface area contributed by atoms with Gasteiger partial charge in [0.05, 0.1) is 19.7 Å². The lowest BCUT2D eigenvalue weighted by atomic mass is 10.0. The van der Waals surface area contributed by atoms with Gasteiger partial charge in [0.15, 0.2) is 5.96 Å². The third-order valence-electron chi connectivity index (χ3n) is 3.17. The fraction of sp³-hybridized carbons (Fsp3) is 0.500. The number of hydrogen-bond acceptors (Lipinski definition) is 4. The Morgan fingerprint density at radius 2 is 2.06 bits per heavy atom. The van der Waals surface area contributed by atoms with Crippen LogP contribution in [0.2, 0.25) is 0 Å². The van der Waals surface area contributed by atoms with Gasteiger partial charge in [0.2, 0.25) is 0 Å². The molecule has 4 nitrogen and oxygen atoms in total. The van der Waals surface area contributed by atoms with Crippen molar-refractivity contribution in [3.8, 4) is 5.75 Å². The van der Waals surface area contributed by atoms with Crippen LogP contribution in [0, 0.1) is 5.92 Å². The van der Waals surface area contributed by atoms with Gasteiger partial charge in [0, 0.05) is 5.69 Å². The third kappa shape index (κ3) is 2.58. The zero-order valence-electron chi connectivity index (χ0n) is 11.3. The minimum atomic E-state index is 0.374. The number of guanidine groups is 1. The maximum absolute atomic E-state index is 5.99. The van der Waals surface area contributed by atoms with Crippen LogP contribution < -0.4 is 15.4 Å². The van der Waals surface area contributed by atoms with E-state index in [0.29, 0.717) is 17.9 Å². The molecule has 1 unspecified atom stereocenters. The zero-order valence-corrected chi connectivity index (χ0v) is 11.3. The summed E-state index contributed by atoms with van der Waals surface area (Å²) in [6.45, 7) is 5.23. The first kappa shape index (κ1) is 12.7. The van der Waals surface area contributed by atoms with E-state index in [1.54, 1.807) is 7.11 Å². The summed E-state index contributed by atoms with van der Waals surface area (Å²) in [7, 11) is 1.67. The highest BCUT2D eigenvalue weighted by atomic mass is 16.5. The van der Waals surface area contributed by atoms with Crippen molar-refractivity contribution in [3.63, 3.8) is 0 Å². The van der Waals surface area contributed by atoms with Gasteiger partial charge in [-0.2, -0.15) is 0 Å². The Labute approximate surface area is 108 Å². The predicted molar refractivity (Wildman–Crippen MR) is 75.2 cm³/mol.